The second-order valence-electron chi connectivity index (χ2n) is 6.51. The van der Waals surface area contributed by atoms with Crippen LogP contribution < -0.4 is 0 Å². The Hall–Kier alpha value is 1.23. The van der Waals surface area contributed by atoms with Crippen LogP contribution in [-0.2, 0) is 0 Å². The summed E-state index contributed by atoms with van der Waals surface area (Å²) in [5.74, 6) is 0. The van der Waals surface area contributed by atoms with Crippen LogP contribution >= 0.6 is 0 Å². The molecule has 0 aliphatic heterocycles. The summed E-state index contributed by atoms with van der Waals surface area (Å²) in [5, 5.41) is 25.6. The van der Waals surface area contributed by atoms with E-state index in [0.717, 1.165) is 0 Å². The van der Waals surface area contributed by atoms with Crippen molar-refractivity contribution in [1.29, 1.82) is 0 Å². The largest absolute Gasteiger partial charge is 0.391 e. The third-order valence-corrected chi connectivity index (χ3v) is 0. The molecule has 0 saturated heterocycles. The van der Waals surface area contributed by atoms with Gasteiger partial charge in [0.15, 0.2) is 0 Å². The molecule has 0 aliphatic rings. The van der Waals surface area contributed by atoms with Gasteiger partial charge in [-0.15, -0.1) is 0 Å². The average Bonchev–Trinajstić information content (AvgIpc) is 1.41. The first kappa shape index (κ1) is 25.9. The number of hydrogen-bond acceptors (Lipinski definition) is 3. The fraction of sp³-hybridized carbons (Fsp3) is 1.00. The molecule has 4 heteroatoms. The molecule has 0 aromatic rings. The van der Waals surface area contributed by atoms with E-state index < -0.39 is 16.8 Å². The van der Waals surface area contributed by atoms with Crippen LogP contribution in [0.3, 0.4) is 0 Å². The van der Waals surface area contributed by atoms with Crippen LogP contribution in [0.1, 0.15) is 62.3 Å². The SMILES string of the molecule is CC(C)(C)O.CC(C)(C)O.CC(C)(C)O.[Nd]. The Balaban J connectivity index is -0.0000000655. The Morgan fingerprint density at radius 2 is 0.438 bits per heavy atom. The van der Waals surface area contributed by atoms with Crippen LogP contribution in [0.5, 0.6) is 0 Å². The van der Waals surface area contributed by atoms with Crippen LogP contribution in [0, 0.1) is 40.8 Å². The molecule has 3 nitrogen and oxygen atoms in total. The van der Waals surface area contributed by atoms with Gasteiger partial charge in [0, 0.05) is 40.8 Å². The number of rotatable bonds is 0. The normalized spacial score (nSPS) is 11.2. The zero-order valence-corrected chi connectivity index (χ0v) is 15.5. The maximum absolute atomic E-state index is 8.52. The average molecular weight is 367 g/mol. The summed E-state index contributed by atoms with van der Waals surface area (Å²) in [4.78, 5) is 0. The first-order chi connectivity index (χ1) is 6.00. The van der Waals surface area contributed by atoms with Crippen molar-refractivity contribution in [3.05, 3.63) is 0 Å². The molecule has 0 saturated carbocycles. The third kappa shape index (κ3) is 2040. The summed E-state index contributed by atoms with van der Waals surface area (Å²) in [5.41, 5.74) is -1.50. The Labute approximate surface area is 134 Å². The maximum atomic E-state index is 8.52. The van der Waals surface area contributed by atoms with E-state index in [1.165, 1.54) is 0 Å². The standard InChI is InChI=1S/3C4H10O.Nd/c3*1-4(2,3)5;/h3*5H,1-3H3;. The van der Waals surface area contributed by atoms with E-state index in [1.54, 1.807) is 62.3 Å². The van der Waals surface area contributed by atoms with Crippen molar-refractivity contribution < 1.29 is 56.2 Å². The Morgan fingerprint density at radius 1 is 0.438 bits per heavy atom. The van der Waals surface area contributed by atoms with E-state index in [2.05, 4.69) is 0 Å². The molecule has 0 amide bonds. The second-order valence-corrected chi connectivity index (χ2v) is 6.51. The minimum absolute atomic E-state index is 0. The molecule has 0 rings (SSSR count). The fourth-order valence-corrected chi connectivity index (χ4v) is 0. The van der Waals surface area contributed by atoms with Crippen LogP contribution in [0.25, 0.3) is 0 Å². The van der Waals surface area contributed by atoms with Crippen LogP contribution in [0.4, 0.5) is 0 Å². The van der Waals surface area contributed by atoms with Crippen LogP contribution in [0.15, 0.2) is 0 Å². The molecule has 0 radical (unpaired) electrons. The molecule has 16 heavy (non-hydrogen) atoms. The van der Waals surface area contributed by atoms with E-state index in [-0.39, 0.29) is 40.8 Å². The summed E-state index contributed by atoms with van der Waals surface area (Å²) in [7, 11) is 0. The first-order valence-electron chi connectivity index (χ1n) is 5.17. The molecular weight excluding hydrogens is 336 g/mol. The van der Waals surface area contributed by atoms with Crippen molar-refractivity contribution in [1.82, 2.24) is 0 Å². The van der Waals surface area contributed by atoms with Gasteiger partial charge in [0.2, 0.25) is 0 Å². The molecule has 0 aromatic heterocycles. The predicted molar refractivity (Wildman–Crippen MR) is 65.9 cm³/mol. The predicted octanol–water partition coefficient (Wildman–Crippen LogP) is 2.33. The number of aliphatic hydroxyl groups is 3. The molecule has 0 spiro atoms. The van der Waals surface area contributed by atoms with Crippen LogP contribution in [-0.4, -0.2) is 32.1 Å². The number of hydrogen-bond donors (Lipinski definition) is 3. The summed E-state index contributed by atoms with van der Waals surface area (Å²) in [6.45, 7) is 15.7. The molecule has 0 bridgehead atoms. The van der Waals surface area contributed by atoms with Crippen molar-refractivity contribution in [2.45, 2.75) is 79.1 Å². The molecule has 0 fully saturated rings. The molecule has 0 aliphatic carbocycles. The van der Waals surface area contributed by atoms with Gasteiger partial charge in [-0.05, 0) is 62.3 Å². The van der Waals surface area contributed by atoms with E-state index in [4.69, 9.17) is 15.3 Å². The van der Waals surface area contributed by atoms with E-state index in [1.807, 2.05) is 0 Å². The van der Waals surface area contributed by atoms with Crippen molar-refractivity contribution in [3.8, 4) is 0 Å². The zero-order chi connectivity index (χ0) is 13.5. The molecule has 0 heterocycles. The molecule has 100 valence electrons. The molecule has 0 atom stereocenters. The fourth-order valence-electron chi connectivity index (χ4n) is 0. The topological polar surface area (TPSA) is 60.7 Å². The summed E-state index contributed by atoms with van der Waals surface area (Å²) >= 11 is 0. The van der Waals surface area contributed by atoms with Crippen molar-refractivity contribution >= 4 is 0 Å². The zero-order valence-electron chi connectivity index (χ0n) is 12.3. The van der Waals surface area contributed by atoms with Crippen molar-refractivity contribution in [2.24, 2.45) is 0 Å². The minimum Gasteiger partial charge on any atom is -0.391 e. The van der Waals surface area contributed by atoms with Gasteiger partial charge in [-0.3, -0.25) is 0 Å². The van der Waals surface area contributed by atoms with Gasteiger partial charge in [-0.25, -0.2) is 0 Å². The Morgan fingerprint density at radius 3 is 0.438 bits per heavy atom. The van der Waals surface area contributed by atoms with Gasteiger partial charge in [0.05, 0.1) is 16.8 Å². The van der Waals surface area contributed by atoms with E-state index in [0.29, 0.717) is 0 Å². The van der Waals surface area contributed by atoms with E-state index in [9.17, 15) is 0 Å². The quantitative estimate of drug-likeness (QED) is 0.617. The molecule has 0 aromatic carbocycles. The van der Waals surface area contributed by atoms with Gasteiger partial charge in [-0.1, -0.05) is 0 Å². The molecule has 3 N–H and O–H groups in total. The molecular formula is C12H30NdO3. The van der Waals surface area contributed by atoms with Gasteiger partial charge < -0.3 is 15.3 Å². The van der Waals surface area contributed by atoms with Crippen molar-refractivity contribution in [3.63, 3.8) is 0 Å². The summed E-state index contributed by atoms with van der Waals surface area (Å²) < 4.78 is 0. The molecule has 0 unspecified atom stereocenters. The second kappa shape index (κ2) is 10.2. The minimum atomic E-state index is -0.500. The van der Waals surface area contributed by atoms with E-state index >= 15 is 0 Å². The van der Waals surface area contributed by atoms with Gasteiger partial charge >= 0.3 is 0 Å². The Bertz CT molecular complexity index is 91.3. The van der Waals surface area contributed by atoms with Gasteiger partial charge in [-0.2, -0.15) is 0 Å². The smallest absolute Gasteiger partial charge is 0.0563 e. The summed E-state index contributed by atoms with van der Waals surface area (Å²) in [6.07, 6.45) is 0. The van der Waals surface area contributed by atoms with Crippen molar-refractivity contribution in [2.75, 3.05) is 0 Å². The van der Waals surface area contributed by atoms with Gasteiger partial charge in [0.25, 0.3) is 0 Å². The monoisotopic (exact) mass is 364 g/mol. The third-order valence-electron chi connectivity index (χ3n) is 0. The first-order valence-corrected chi connectivity index (χ1v) is 5.17. The van der Waals surface area contributed by atoms with Crippen LogP contribution in [0.2, 0.25) is 0 Å². The van der Waals surface area contributed by atoms with Gasteiger partial charge in [0.1, 0.15) is 0 Å². The Kier molecular flexibility index (Phi) is 16.5. The summed E-state index contributed by atoms with van der Waals surface area (Å²) in [6, 6.07) is 0. The maximum Gasteiger partial charge on any atom is 0.0563 e.